The number of carbonyl (C=O) groups excluding carboxylic acids is 1. The Kier molecular flexibility index (Phi) is 3.06. The highest BCUT2D eigenvalue weighted by Crippen LogP contribution is 2.30. The fourth-order valence-corrected chi connectivity index (χ4v) is 1.09. The molecular weight excluding hydrogens is 138 g/mol. The number of rotatable bonds is 5. The first-order chi connectivity index (χ1) is 5.20. The van der Waals surface area contributed by atoms with Crippen LogP contribution in [0.15, 0.2) is 0 Å². The van der Waals surface area contributed by atoms with Crippen molar-refractivity contribution in [1.82, 2.24) is 5.32 Å². The largest absolute Gasteiger partial charge is 0.314 e. The van der Waals surface area contributed by atoms with Crippen LogP contribution in [-0.4, -0.2) is 18.4 Å². The van der Waals surface area contributed by atoms with Gasteiger partial charge in [-0.3, -0.25) is 4.79 Å². The second kappa shape index (κ2) is 3.86. The van der Waals surface area contributed by atoms with E-state index in [1.165, 1.54) is 0 Å². The van der Waals surface area contributed by atoms with Gasteiger partial charge >= 0.3 is 0 Å². The standard InChI is InChI=1S/C9H17NO/c1-7(2)10-6-5-9(11)8-3-4-8/h7-8,10H,3-6H2,1-2H3. The van der Waals surface area contributed by atoms with Gasteiger partial charge < -0.3 is 5.32 Å². The molecule has 0 atom stereocenters. The molecule has 0 aromatic heterocycles. The number of Topliss-reactive ketones (excluding diaryl/α,β-unsaturated/α-hetero) is 1. The van der Waals surface area contributed by atoms with Crippen molar-refractivity contribution in [3.05, 3.63) is 0 Å². The van der Waals surface area contributed by atoms with Gasteiger partial charge in [-0.25, -0.2) is 0 Å². The van der Waals surface area contributed by atoms with Gasteiger partial charge in [0.2, 0.25) is 0 Å². The van der Waals surface area contributed by atoms with E-state index < -0.39 is 0 Å². The lowest BCUT2D eigenvalue weighted by molar-refractivity contribution is -0.120. The third kappa shape index (κ3) is 3.51. The van der Waals surface area contributed by atoms with Gasteiger partial charge in [0.15, 0.2) is 0 Å². The van der Waals surface area contributed by atoms with Crippen LogP contribution in [0.3, 0.4) is 0 Å². The number of nitrogens with one attached hydrogen (secondary N) is 1. The lowest BCUT2D eigenvalue weighted by Gasteiger charge is -2.05. The van der Waals surface area contributed by atoms with E-state index in [-0.39, 0.29) is 0 Å². The maximum absolute atomic E-state index is 11.1. The average Bonchev–Trinajstić information content (AvgIpc) is 2.66. The molecule has 0 unspecified atom stereocenters. The Morgan fingerprint density at radius 2 is 2.18 bits per heavy atom. The van der Waals surface area contributed by atoms with Gasteiger partial charge in [0.05, 0.1) is 0 Å². The predicted octanol–water partition coefficient (Wildman–Crippen LogP) is 1.35. The summed E-state index contributed by atoms with van der Waals surface area (Å²) >= 11 is 0. The molecule has 11 heavy (non-hydrogen) atoms. The van der Waals surface area contributed by atoms with E-state index in [0.29, 0.717) is 17.7 Å². The van der Waals surface area contributed by atoms with Crippen LogP contribution in [0.1, 0.15) is 33.1 Å². The fourth-order valence-electron chi connectivity index (χ4n) is 1.09. The minimum atomic E-state index is 0.434. The molecule has 64 valence electrons. The second-order valence-corrected chi connectivity index (χ2v) is 3.60. The van der Waals surface area contributed by atoms with E-state index in [9.17, 15) is 4.79 Å². The Morgan fingerprint density at radius 1 is 1.55 bits per heavy atom. The highest BCUT2D eigenvalue weighted by Gasteiger charge is 2.28. The topological polar surface area (TPSA) is 29.1 Å². The Hall–Kier alpha value is -0.370. The van der Waals surface area contributed by atoms with E-state index in [1.54, 1.807) is 0 Å². The molecule has 0 amide bonds. The molecule has 1 aliphatic carbocycles. The van der Waals surface area contributed by atoms with Crippen LogP contribution >= 0.6 is 0 Å². The third-order valence-electron chi connectivity index (χ3n) is 1.96. The molecule has 1 saturated carbocycles. The Morgan fingerprint density at radius 3 is 2.64 bits per heavy atom. The van der Waals surface area contributed by atoms with Crippen molar-refractivity contribution >= 4 is 5.78 Å². The highest BCUT2D eigenvalue weighted by molar-refractivity contribution is 5.83. The summed E-state index contributed by atoms with van der Waals surface area (Å²) in [6.07, 6.45) is 3.00. The predicted molar refractivity (Wildman–Crippen MR) is 45.5 cm³/mol. The maximum Gasteiger partial charge on any atom is 0.137 e. The molecule has 1 N–H and O–H groups in total. The Bertz CT molecular complexity index is 138. The maximum atomic E-state index is 11.1. The first kappa shape index (κ1) is 8.72. The van der Waals surface area contributed by atoms with Gasteiger partial charge in [0.1, 0.15) is 5.78 Å². The molecule has 0 spiro atoms. The SMILES string of the molecule is CC(C)NCCC(=O)C1CC1. The zero-order chi connectivity index (χ0) is 8.27. The monoisotopic (exact) mass is 155 g/mol. The van der Waals surface area contributed by atoms with Crippen LogP contribution in [0.5, 0.6) is 0 Å². The molecule has 1 rings (SSSR count). The number of carbonyl (C=O) groups is 1. The van der Waals surface area contributed by atoms with Crippen LogP contribution in [0.2, 0.25) is 0 Å². The summed E-state index contributed by atoms with van der Waals surface area (Å²) in [6.45, 7) is 5.05. The average molecular weight is 155 g/mol. The van der Waals surface area contributed by atoms with E-state index >= 15 is 0 Å². The van der Waals surface area contributed by atoms with Gasteiger partial charge in [-0.2, -0.15) is 0 Å². The van der Waals surface area contributed by atoms with Crippen molar-refractivity contribution in [1.29, 1.82) is 0 Å². The van der Waals surface area contributed by atoms with Crippen LogP contribution in [0.25, 0.3) is 0 Å². The van der Waals surface area contributed by atoms with E-state index in [1.807, 2.05) is 0 Å². The molecule has 2 nitrogen and oxygen atoms in total. The zero-order valence-electron chi connectivity index (χ0n) is 7.39. The highest BCUT2D eigenvalue weighted by atomic mass is 16.1. The Labute approximate surface area is 68.4 Å². The molecular formula is C9H17NO. The van der Waals surface area contributed by atoms with E-state index in [2.05, 4.69) is 19.2 Å². The summed E-state index contributed by atoms with van der Waals surface area (Å²) in [5.41, 5.74) is 0. The van der Waals surface area contributed by atoms with Crippen molar-refractivity contribution < 1.29 is 4.79 Å². The minimum absolute atomic E-state index is 0.434. The van der Waals surface area contributed by atoms with Crippen molar-refractivity contribution in [2.45, 2.75) is 39.2 Å². The summed E-state index contributed by atoms with van der Waals surface area (Å²) in [5.74, 6) is 0.891. The first-order valence-electron chi connectivity index (χ1n) is 4.46. The number of ketones is 1. The van der Waals surface area contributed by atoms with Gasteiger partial charge in [-0.15, -0.1) is 0 Å². The summed E-state index contributed by atoms with van der Waals surface area (Å²) < 4.78 is 0. The molecule has 1 aliphatic rings. The zero-order valence-corrected chi connectivity index (χ0v) is 7.39. The number of hydrogen-bond acceptors (Lipinski definition) is 2. The van der Waals surface area contributed by atoms with Gasteiger partial charge in [0, 0.05) is 24.9 Å². The van der Waals surface area contributed by atoms with Crippen LogP contribution in [0.4, 0.5) is 0 Å². The lowest BCUT2D eigenvalue weighted by Crippen LogP contribution is -2.25. The van der Waals surface area contributed by atoms with Crippen molar-refractivity contribution in [2.24, 2.45) is 5.92 Å². The van der Waals surface area contributed by atoms with Crippen molar-refractivity contribution in [2.75, 3.05) is 6.54 Å². The molecule has 0 heterocycles. The van der Waals surface area contributed by atoms with E-state index in [0.717, 1.165) is 25.8 Å². The summed E-state index contributed by atoms with van der Waals surface area (Å²) in [6, 6.07) is 0.502. The fraction of sp³-hybridized carbons (Fsp3) is 0.889. The normalized spacial score (nSPS) is 17.4. The second-order valence-electron chi connectivity index (χ2n) is 3.60. The van der Waals surface area contributed by atoms with Crippen LogP contribution < -0.4 is 5.32 Å². The minimum Gasteiger partial charge on any atom is -0.314 e. The van der Waals surface area contributed by atoms with Gasteiger partial charge in [-0.1, -0.05) is 13.8 Å². The molecule has 0 aromatic carbocycles. The molecule has 0 bridgehead atoms. The van der Waals surface area contributed by atoms with Crippen LogP contribution in [-0.2, 0) is 4.79 Å². The molecule has 0 saturated heterocycles. The molecule has 0 aromatic rings. The number of hydrogen-bond donors (Lipinski definition) is 1. The summed E-state index contributed by atoms with van der Waals surface area (Å²) in [4.78, 5) is 11.1. The van der Waals surface area contributed by atoms with Crippen molar-refractivity contribution in [3.63, 3.8) is 0 Å². The first-order valence-corrected chi connectivity index (χ1v) is 4.46. The smallest absolute Gasteiger partial charge is 0.137 e. The molecule has 1 fully saturated rings. The Balaban J connectivity index is 1.97. The quantitative estimate of drug-likeness (QED) is 0.649. The van der Waals surface area contributed by atoms with Crippen molar-refractivity contribution in [3.8, 4) is 0 Å². The molecule has 2 heteroatoms. The van der Waals surface area contributed by atoms with Crippen LogP contribution in [0, 0.1) is 5.92 Å². The van der Waals surface area contributed by atoms with E-state index in [4.69, 9.17) is 0 Å². The molecule has 0 aliphatic heterocycles. The summed E-state index contributed by atoms with van der Waals surface area (Å²) in [7, 11) is 0. The summed E-state index contributed by atoms with van der Waals surface area (Å²) in [5, 5.41) is 3.24. The lowest BCUT2D eigenvalue weighted by atomic mass is 10.2. The van der Waals surface area contributed by atoms with Gasteiger partial charge in [-0.05, 0) is 12.8 Å². The molecule has 0 radical (unpaired) electrons. The third-order valence-corrected chi connectivity index (χ3v) is 1.96. The van der Waals surface area contributed by atoms with Gasteiger partial charge in [0.25, 0.3) is 0 Å².